The molecule has 2 N–H and O–H groups in total. The molecule has 0 bridgehead atoms. The lowest BCUT2D eigenvalue weighted by molar-refractivity contribution is 0.180. The third-order valence-corrected chi connectivity index (χ3v) is 2.73. The summed E-state index contributed by atoms with van der Waals surface area (Å²) in [6, 6.07) is 3.97. The van der Waals surface area contributed by atoms with E-state index in [-0.39, 0.29) is 6.04 Å². The lowest BCUT2D eigenvalue weighted by Crippen LogP contribution is -2.27. The molecule has 1 heterocycles. The van der Waals surface area contributed by atoms with Crippen LogP contribution in [0.15, 0.2) is 12.1 Å². The zero-order chi connectivity index (χ0) is 8.97. The van der Waals surface area contributed by atoms with Gasteiger partial charge in [0.2, 0.25) is 0 Å². The van der Waals surface area contributed by atoms with Gasteiger partial charge in [0, 0.05) is 18.0 Å². The Kier molecular flexibility index (Phi) is 4.01. The van der Waals surface area contributed by atoms with Crippen molar-refractivity contribution in [2.45, 2.75) is 12.5 Å². The van der Waals surface area contributed by atoms with E-state index in [0.717, 1.165) is 10.8 Å². The minimum Gasteiger partial charge on any atom is -0.383 e. The molecule has 0 saturated carbocycles. The molecule has 1 aromatic heterocycles. The van der Waals surface area contributed by atoms with Crippen molar-refractivity contribution in [3.05, 3.63) is 21.3 Å². The average molecular weight is 206 g/mol. The molecule has 0 aliphatic heterocycles. The lowest BCUT2D eigenvalue weighted by atomic mass is 10.2. The van der Waals surface area contributed by atoms with E-state index in [9.17, 15) is 0 Å². The van der Waals surface area contributed by atoms with Gasteiger partial charge in [0.25, 0.3) is 0 Å². The van der Waals surface area contributed by atoms with Crippen LogP contribution in [0.2, 0.25) is 4.34 Å². The maximum Gasteiger partial charge on any atom is 0.0931 e. The van der Waals surface area contributed by atoms with Crippen LogP contribution >= 0.6 is 22.9 Å². The second-order valence-electron chi connectivity index (χ2n) is 2.63. The number of methoxy groups -OCH3 is 1. The Hall–Kier alpha value is -0.0900. The summed E-state index contributed by atoms with van der Waals surface area (Å²) in [7, 11) is 1.65. The van der Waals surface area contributed by atoms with Crippen molar-refractivity contribution in [3.8, 4) is 0 Å². The number of hydrogen-bond donors (Lipinski definition) is 1. The van der Waals surface area contributed by atoms with E-state index in [1.807, 2.05) is 12.1 Å². The first-order valence-electron chi connectivity index (χ1n) is 3.71. The summed E-state index contributed by atoms with van der Waals surface area (Å²) in [5.74, 6) is 0. The average Bonchev–Trinajstić information content (AvgIpc) is 2.36. The van der Waals surface area contributed by atoms with E-state index < -0.39 is 0 Å². The third kappa shape index (κ3) is 3.11. The van der Waals surface area contributed by atoms with Crippen LogP contribution in [-0.2, 0) is 11.2 Å². The second-order valence-corrected chi connectivity index (χ2v) is 4.43. The molecule has 0 saturated heterocycles. The van der Waals surface area contributed by atoms with Crippen LogP contribution in [0.5, 0.6) is 0 Å². The van der Waals surface area contributed by atoms with Gasteiger partial charge >= 0.3 is 0 Å². The highest BCUT2D eigenvalue weighted by atomic mass is 35.5. The molecule has 2 nitrogen and oxygen atoms in total. The highest BCUT2D eigenvalue weighted by molar-refractivity contribution is 7.16. The smallest absolute Gasteiger partial charge is 0.0931 e. The van der Waals surface area contributed by atoms with Gasteiger partial charge in [0.1, 0.15) is 0 Å². The first-order chi connectivity index (χ1) is 5.72. The topological polar surface area (TPSA) is 35.2 Å². The largest absolute Gasteiger partial charge is 0.383 e. The molecule has 0 fully saturated rings. The highest BCUT2D eigenvalue weighted by Crippen LogP contribution is 2.22. The van der Waals surface area contributed by atoms with Crippen molar-refractivity contribution < 1.29 is 4.74 Å². The number of ether oxygens (including phenoxy) is 1. The Morgan fingerprint density at radius 3 is 2.92 bits per heavy atom. The van der Waals surface area contributed by atoms with Crippen LogP contribution < -0.4 is 5.73 Å². The van der Waals surface area contributed by atoms with Crippen LogP contribution in [0.1, 0.15) is 4.88 Å². The van der Waals surface area contributed by atoms with Gasteiger partial charge < -0.3 is 10.5 Å². The van der Waals surface area contributed by atoms with Gasteiger partial charge in [0.05, 0.1) is 10.9 Å². The molecule has 1 aromatic rings. The molecule has 0 amide bonds. The van der Waals surface area contributed by atoms with Crippen LogP contribution in [0.4, 0.5) is 0 Å². The summed E-state index contributed by atoms with van der Waals surface area (Å²) in [6.45, 7) is 0.593. The summed E-state index contributed by atoms with van der Waals surface area (Å²) in [6.07, 6.45) is 0.839. The van der Waals surface area contributed by atoms with Gasteiger partial charge in [-0.15, -0.1) is 11.3 Å². The van der Waals surface area contributed by atoms with Gasteiger partial charge in [-0.2, -0.15) is 0 Å². The monoisotopic (exact) mass is 205 g/mol. The van der Waals surface area contributed by atoms with E-state index in [1.165, 1.54) is 4.88 Å². The number of hydrogen-bond acceptors (Lipinski definition) is 3. The SMILES string of the molecule is COCC(N)Cc1ccc(Cl)s1. The van der Waals surface area contributed by atoms with Crippen molar-refractivity contribution in [1.82, 2.24) is 0 Å². The molecular formula is C8H12ClNOS. The lowest BCUT2D eigenvalue weighted by Gasteiger charge is -2.07. The number of rotatable bonds is 4. The number of halogens is 1. The molecule has 1 unspecified atom stereocenters. The predicted molar refractivity (Wildman–Crippen MR) is 52.9 cm³/mol. The zero-order valence-electron chi connectivity index (χ0n) is 6.92. The van der Waals surface area contributed by atoms with E-state index >= 15 is 0 Å². The Balaban J connectivity index is 2.41. The quantitative estimate of drug-likeness (QED) is 0.815. The highest BCUT2D eigenvalue weighted by Gasteiger charge is 2.05. The third-order valence-electron chi connectivity index (χ3n) is 1.47. The molecular weight excluding hydrogens is 194 g/mol. The fourth-order valence-electron chi connectivity index (χ4n) is 0.993. The summed E-state index contributed by atoms with van der Waals surface area (Å²) >= 11 is 7.34. The van der Waals surface area contributed by atoms with E-state index in [2.05, 4.69) is 0 Å². The maximum atomic E-state index is 5.77. The van der Waals surface area contributed by atoms with Crippen LogP contribution in [0.25, 0.3) is 0 Å². The van der Waals surface area contributed by atoms with Gasteiger partial charge in [-0.1, -0.05) is 11.6 Å². The molecule has 0 aromatic carbocycles. The predicted octanol–water partition coefficient (Wildman–Crippen LogP) is 1.92. The fraction of sp³-hybridized carbons (Fsp3) is 0.500. The van der Waals surface area contributed by atoms with Crippen LogP contribution in [-0.4, -0.2) is 19.8 Å². The van der Waals surface area contributed by atoms with Gasteiger partial charge in [0.15, 0.2) is 0 Å². The fourth-order valence-corrected chi connectivity index (χ4v) is 2.17. The van der Waals surface area contributed by atoms with Crippen molar-refractivity contribution in [2.75, 3.05) is 13.7 Å². The molecule has 0 aliphatic carbocycles. The van der Waals surface area contributed by atoms with E-state index in [4.69, 9.17) is 22.1 Å². The summed E-state index contributed by atoms with van der Waals surface area (Å²) in [5.41, 5.74) is 5.76. The van der Waals surface area contributed by atoms with Gasteiger partial charge in [-0.05, 0) is 18.6 Å². The van der Waals surface area contributed by atoms with E-state index in [1.54, 1.807) is 18.4 Å². The zero-order valence-corrected chi connectivity index (χ0v) is 8.49. The van der Waals surface area contributed by atoms with Gasteiger partial charge in [-0.3, -0.25) is 0 Å². The van der Waals surface area contributed by atoms with Crippen molar-refractivity contribution in [2.24, 2.45) is 5.73 Å². The van der Waals surface area contributed by atoms with Crippen molar-refractivity contribution >= 4 is 22.9 Å². The van der Waals surface area contributed by atoms with Gasteiger partial charge in [-0.25, -0.2) is 0 Å². The minimum absolute atomic E-state index is 0.0738. The second kappa shape index (κ2) is 4.82. The summed E-state index contributed by atoms with van der Waals surface area (Å²) in [5, 5.41) is 0. The van der Waals surface area contributed by atoms with Crippen molar-refractivity contribution in [1.29, 1.82) is 0 Å². The number of thiophene rings is 1. The van der Waals surface area contributed by atoms with Crippen LogP contribution in [0.3, 0.4) is 0 Å². The first kappa shape index (κ1) is 9.99. The first-order valence-corrected chi connectivity index (χ1v) is 4.90. The van der Waals surface area contributed by atoms with Crippen LogP contribution in [0, 0.1) is 0 Å². The number of nitrogens with two attached hydrogens (primary N) is 1. The van der Waals surface area contributed by atoms with E-state index in [0.29, 0.717) is 6.61 Å². The standard InChI is InChI=1S/C8H12ClNOS/c1-11-5-6(10)4-7-2-3-8(9)12-7/h2-3,6H,4-5,10H2,1H3. The molecule has 12 heavy (non-hydrogen) atoms. The van der Waals surface area contributed by atoms with Crippen molar-refractivity contribution in [3.63, 3.8) is 0 Å². The Labute approximate surface area is 81.3 Å². The Morgan fingerprint density at radius 1 is 1.67 bits per heavy atom. The molecule has 0 aliphatic rings. The molecule has 68 valence electrons. The maximum absolute atomic E-state index is 5.77. The molecule has 1 rings (SSSR count). The summed E-state index contributed by atoms with van der Waals surface area (Å²) in [4.78, 5) is 1.21. The minimum atomic E-state index is 0.0738. The normalized spacial score (nSPS) is 13.2. The molecule has 0 radical (unpaired) electrons. The Bertz CT molecular complexity index is 239. The molecule has 1 atom stereocenters. The molecule has 4 heteroatoms. The Morgan fingerprint density at radius 2 is 2.42 bits per heavy atom. The molecule has 0 spiro atoms. The summed E-state index contributed by atoms with van der Waals surface area (Å²) < 4.78 is 5.74.